The molecular formula is C41H30N8O. The van der Waals surface area contributed by atoms with Crippen molar-refractivity contribution in [3.63, 3.8) is 0 Å². The molecule has 0 aliphatic rings. The Hall–Kier alpha value is -7.13. The van der Waals surface area contributed by atoms with Gasteiger partial charge in [-0.1, -0.05) is 97.1 Å². The molecule has 0 atom stereocenters. The summed E-state index contributed by atoms with van der Waals surface area (Å²) in [5, 5.41) is 26.0. The smallest absolute Gasteiger partial charge is 0.323 e. The minimum Gasteiger partial charge on any atom is -0.353 e. The number of para-hydroxylation sites is 2. The van der Waals surface area contributed by atoms with Crippen molar-refractivity contribution >= 4 is 62.0 Å². The predicted molar refractivity (Wildman–Crippen MR) is 201 cm³/mol. The number of anilines is 2. The molecule has 0 spiro atoms. The van der Waals surface area contributed by atoms with Gasteiger partial charge in [0.25, 0.3) is 0 Å². The van der Waals surface area contributed by atoms with E-state index >= 15 is 0 Å². The first kappa shape index (κ1) is 30.2. The quantitative estimate of drug-likeness (QED) is 0.120. The summed E-state index contributed by atoms with van der Waals surface area (Å²) in [4.78, 5) is 19.7. The zero-order valence-corrected chi connectivity index (χ0v) is 26.7. The first-order chi connectivity index (χ1) is 24.7. The van der Waals surface area contributed by atoms with Gasteiger partial charge in [-0.05, 0) is 60.7 Å². The third-order valence-corrected chi connectivity index (χ3v) is 8.26. The Morgan fingerprint density at radius 2 is 0.800 bits per heavy atom. The van der Waals surface area contributed by atoms with Crippen LogP contribution >= 0.6 is 0 Å². The summed E-state index contributed by atoms with van der Waals surface area (Å²) in [5.74, 6) is 0. The molecule has 6 aromatic carbocycles. The van der Waals surface area contributed by atoms with Crippen molar-refractivity contribution in [1.82, 2.24) is 9.97 Å². The molecule has 2 heterocycles. The van der Waals surface area contributed by atoms with Crippen molar-refractivity contribution in [2.24, 2.45) is 20.5 Å². The molecule has 0 saturated carbocycles. The van der Waals surface area contributed by atoms with Gasteiger partial charge in [0, 0.05) is 44.3 Å². The van der Waals surface area contributed by atoms with Crippen molar-refractivity contribution in [2.45, 2.75) is 0 Å². The van der Waals surface area contributed by atoms with E-state index in [9.17, 15) is 4.79 Å². The Kier molecular flexibility index (Phi) is 8.18. The molecule has 0 fully saturated rings. The Labute approximate surface area is 287 Å². The topological polar surface area (TPSA) is 122 Å². The number of rotatable bonds is 8. The highest BCUT2D eigenvalue weighted by molar-refractivity contribution is 6.01. The zero-order valence-electron chi connectivity index (χ0n) is 26.7. The molecule has 0 bridgehead atoms. The predicted octanol–water partition coefficient (Wildman–Crippen LogP) is 12.5. The second kappa shape index (κ2) is 13.5. The molecule has 9 heteroatoms. The molecular weight excluding hydrogens is 621 g/mol. The van der Waals surface area contributed by atoms with Gasteiger partial charge in [0.15, 0.2) is 0 Å². The summed E-state index contributed by atoms with van der Waals surface area (Å²) in [5.41, 5.74) is 9.99. The molecule has 0 unspecified atom stereocenters. The largest absolute Gasteiger partial charge is 0.353 e. The van der Waals surface area contributed by atoms with E-state index in [0.29, 0.717) is 22.7 Å². The van der Waals surface area contributed by atoms with Crippen molar-refractivity contribution in [2.75, 3.05) is 10.6 Å². The summed E-state index contributed by atoms with van der Waals surface area (Å²) in [6.07, 6.45) is 0. The van der Waals surface area contributed by atoms with E-state index in [1.54, 1.807) is 24.3 Å². The molecule has 0 radical (unpaired) electrons. The van der Waals surface area contributed by atoms with Crippen LogP contribution in [0.25, 0.3) is 44.3 Å². The number of hydrogen-bond acceptors (Lipinski definition) is 5. The van der Waals surface area contributed by atoms with Gasteiger partial charge in [0.1, 0.15) is 11.4 Å². The van der Waals surface area contributed by atoms with Gasteiger partial charge < -0.3 is 20.6 Å². The van der Waals surface area contributed by atoms with Crippen molar-refractivity contribution in [1.29, 1.82) is 0 Å². The van der Waals surface area contributed by atoms with Crippen LogP contribution in [0.5, 0.6) is 0 Å². The standard InChI is InChI=1S/C41H30N8O/c50-41(42-29-19-23-31(24-20-29)46-48-39-33-15-7-9-17-35(33)44-37(39)27-11-3-1-4-12-27)43-30-21-25-32(26-22-30)47-49-40-34-16-8-10-18-36(34)45-38(40)28-13-5-2-6-14-28/h1-26,44-45H,(H2,42,43,50). The fraction of sp³-hybridized carbons (Fsp3) is 0. The van der Waals surface area contributed by atoms with E-state index in [-0.39, 0.29) is 6.03 Å². The number of benzene rings is 6. The first-order valence-corrected chi connectivity index (χ1v) is 16.1. The Balaban J connectivity index is 0.922. The Morgan fingerprint density at radius 1 is 0.420 bits per heavy atom. The van der Waals surface area contributed by atoms with E-state index in [1.807, 2.05) is 133 Å². The second-order valence-electron chi connectivity index (χ2n) is 11.6. The summed E-state index contributed by atoms with van der Waals surface area (Å²) < 4.78 is 0. The fourth-order valence-electron chi connectivity index (χ4n) is 5.82. The lowest BCUT2D eigenvalue weighted by Gasteiger charge is -2.08. The average Bonchev–Trinajstić information content (AvgIpc) is 3.73. The van der Waals surface area contributed by atoms with Crippen molar-refractivity contribution in [3.8, 4) is 22.5 Å². The van der Waals surface area contributed by atoms with E-state index in [2.05, 4.69) is 41.1 Å². The van der Waals surface area contributed by atoms with E-state index in [0.717, 1.165) is 55.7 Å². The third-order valence-electron chi connectivity index (χ3n) is 8.26. The third kappa shape index (κ3) is 6.39. The lowest BCUT2D eigenvalue weighted by atomic mass is 10.1. The van der Waals surface area contributed by atoms with Gasteiger partial charge in [0.2, 0.25) is 0 Å². The van der Waals surface area contributed by atoms with Crippen LogP contribution in [0.2, 0.25) is 0 Å². The van der Waals surface area contributed by atoms with Crippen LogP contribution in [0.4, 0.5) is 38.9 Å². The number of nitrogens with zero attached hydrogens (tertiary/aromatic N) is 4. The summed E-state index contributed by atoms with van der Waals surface area (Å²) in [7, 11) is 0. The zero-order chi connectivity index (χ0) is 33.7. The number of H-pyrrole nitrogens is 2. The monoisotopic (exact) mass is 650 g/mol. The van der Waals surface area contributed by atoms with Gasteiger partial charge >= 0.3 is 6.03 Å². The summed E-state index contributed by atoms with van der Waals surface area (Å²) in [6.45, 7) is 0. The van der Waals surface area contributed by atoms with Gasteiger partial charge in [-0.2, -0.15) is 10.2 Å². The maximum atomic E-state index is 12.8. The molecule has 2 amide bonds. The van der Waals surface area contributed by atoms with Crippen LogP contribution < -0.4 is 10.6 Å². The van der Waals surface area contributed by atoms with Gasteiger partial charge in [0.05, 0.1) is 22.8 Å². The van der Waals surface area contributed by atoms with Crippen LogP contribution in [0.3, 0.4) is 0 Å². The van der Waals surface area contributed by atoms with Crippen LogP contribution in [0.15, 0.2) is 178 Å². The first-order valence-electron chi connectivity index (χ1n) is 16.1. The number of urea groups is 1. The minimum atomic E-state index is -0.369. The van der Waals surface area contributed by atoms with Gasteiger partial charge in [-0.15, -0.1) is 10.2 Å². The molecule has 0 aliphatic carbocycles. The molecule has 50 heavy (non-hydrogen) atoms. The highest BCUT2D eigenvalue weighted by Gasteiger charge is 2.14. The van der Waals surface area contributed by atoms with Crippen LogP contribution in [0.1, 0.15) is 0 Å². The number of amides is 2. The van der Waals surface area contributed by atoms with E-state index < -0.39 is 0 Å². The fourth-order valence-corrected chi connectivity index (χ4v) is 5.82. The number of azo groups is 2. The Morgan fingerprint density at radius 3 is 1.22 bits per heavy atom. The maximum absolute atomic E-state index is 12.8. The molecule has 4 N–H and O–H groups in total. The lowest BCUT2D eigenvalue weighted by molar-refractivity contribution is 0.262. The summed E-state index contributed by atoms with van der Waals surface area (Å²) in [6, 6.07) is 50.3. The van der Waals surface area contributed by atoms with E-state index in [4.69, 9.17) is 0 Å². The second-order valence-corrected chi connectivity index (χ2v) is 11.6. The number of carbonyl (C=O) groups is 1. The van der Waals surface area contributed by atoms with Crippen LogP contribution in [0, 0.1) is 0 Å². The molecule has 2 aromatic heterocycles. The molecule has 8 rings (SSSR count). The number of nitrogens with one attached hydrogen (secondary N) is 4. The highest BCUT2D eigenvalue weighted by atomic mass is 16.2. The molecule has 240 valence electrons. The highest BCUT2D eigenvalue weighted by Crippen LogP contribution is 2.39. The average molecular weight is 651 g/mol. The van der Waals surface area contributed by atoms with Gasteiger partial charge in [-0.25, -0.2) is 4.79 Å². The number of aromatic nitrogens is 2. The number of carbonyl (C=O) groups excluding carboxylic acids is 1. The van der Waals surface area contributed by atoms with Crippen LogP contribution in [-0.2, 0) is 0 Å². The number of hydrogen-bond donors (Lipinski definition) is 4. The SMILES string of the molecule is O=C(Nc1ccc(N=Nc2c(-c3ccccc3)[nH]c3ccccc23)cc1)Nc1ccc(N=Nc2c(-c3ccccc3)[nH]c3ccccc23)cc1. The van der Waals surface area contributed by atoms with Crippen molar-refractivity contribution < 1.29 is 4.79 Å². The van der Waals surface area contributed by atoms with Crippen LogP contribution in [-0.4, -0.2) is 16.0 Å². The number of fused-ring (bicyclic) bond motifs is 2. The van der Waals surface area contributed by atoms with Crippen molar-refractivity contribution in [3.05, 3.63) is 158 Å². The number of aromatic amines is 2. The normalized spacial score (nSPS) is 11.5. The Bertz CT molecular complexity index is 2310. The lowest BCUT2D eigenvalue weighted by Crippen LogP contribution is -2.19. The molecule has 9 nitrogen and oxygen atoms in total. The molecule has 8 aromatic rings. The molecule has 0 saturated heterocycles. The minimum absolute atomic E-state index is 0.369. The molecule has 0 aliphatic heterocycles. The van der Waals surface area contributed by atoms with Gasteiger partial charge in [-0.3, -0.25) is 0 Å². The summed E-state index contributed by atoms with van der Waals surface area (Å²) >= 11 is 0. The maximum Gasteiger partial charge on any atom is 0.323 e. The van der Waals surface area contributed by atoms with E-state index in [1.165, 1.54) is 0 Å².